The lowest BCUT2D eigenvalue weighted by molar-refractivity contribution is -0.127. The van der Waals surface area contributed by atoms with Crippen LogP contribution in [0.25, 0.3) is 0 Å². The molecule has 0 aliphatic carbocycles. The van der Waals surface area contributed by atoms with Gasteiger partial charge in [-0.2, -0.15) is 0 Å². The molecule has 0 spiro atoms. The van der Waals surface area contributed by atoms with Gasteiger partial charge in [0.25, 0.3) is 0 Å². The number of Topliss-reactive ketones (excluding diaryl/α,β-unsaturated/α-hetero) is 1. The van der Waals surface area contributed by atoms with Crippen LogP contribution in [0, 0.1) is 5.41 Å². The highest BCUT2D eigenvalue weighted by Gasteiger charge is 2.20. The third kappa shape index (κ3) is 16.5. The first kappa shape index (κ1) is 24.3. The molecule has 0 aromatic rings. The van der Waals surface area contributed by atoms with Gasteiger partial charge in [-0.25, -0.2) is 0 Å². The number of hydrogen-bond donors (Lipinski definition) is 1. The number of hydrogen-bond acceptors (Lipinski definition) is 6. The van der Waals surface area contributed by atoms with E-state index in [4.69, 9.17) is 30.5 Å². The molecule has 7 nitrogen and oxygen atoms in total. The maximum absolute atomic E-state index is 11.7. The molecule has 148 valence electrons. The van der Waals surface area contributed by atoms with E-state index in [0.29, 0.717) is 65.8 Å². The van der Waals surface area contributed by atoms with Crippen LogP contribution in [0.3, 0.4) is 0 Å². The number of ketones is 1. The highest BCUT2D eigenvalue weighted by Crippen LogP contribution is 2.16. The topological polar surface area (TPSA) is 83.1 Å². The van der Waals surface area contributed by atoms with Crippen LogP contribution in [0.4, 0.5) is 0 Å². The number of carbonyl (C=O) groups excluding carboxylic acids is 2. The molecular formula is C17H32ClNO6. The van der Waals surface area contributed by atoms with Crippen LogP contribution in [0.1, 0.15) is 27.2 Å². The summed E-state index contributed by atoms with van der Waals surface area (Å²) in [7, 11) is 0. The standard InChI is InChI=1S/C17H32ClNO6/c1-17(2,3)15(20)4-6-22-8-10-24-12-13-25-11-9-23-7-5-19-16(21)14-18/h4-14H2,1-3H3,(H,19,21). The fraction of sp³-hybridized carbons (Fsp3) is 0.882. The van der Waals surface area contributed by atoms with Crippen LogP contribution in [0.5, 0.6) is 0 Å². The monoisotopic (exact) mass is 381 g/mol. The van der Waals surface area contributed by atoms with Gasteiger partial charge in [0, 0.05) is 18.4 Å². The molecule has 8 heteroatoms. The normalized spacial score (nSPS) is 11.5. The van der Waals surface area contributed by atoms with E-state index >= 15 is 0 Å². The summed E-state index contributed by atoms with van der Waals surface area (Å²) in [5.41, 5.74) is -0.307. The van der Waals surface area contributed by atoms with Gasteiger partial charge >= 0.3 is 0 Å². The van der Waals surface area contributed by atoms with E-state index < -0.39 is 0 Å². The third-order valence-electron chi connectivity index (χ3n) is 3.12. The van der Waals surface area contributed by atoms with Crippen molar-refractivity contribution in [3.8, 4) is 0 Å². The molecule has 0 saturated carbocycles. The van der Waals surface area contributed by atoms with Gasteiger partial charge in [-0.1, -0.05) is 20.8 Å². The van der Waals surface area contributed by atoms with Gasteiger partial charge in [-0.15, -0.1) is 11.6 Å². The largest absolute Gasteiger partial charge is 0.379 e. The second-order valence-corrected chi connectivity index (χ2v) is 6.62. The van der Waals surface area contributed by atoms with Crippen molar-refractivity contribution in [3.63, 3.8) is 0 Å². The molecule has 0 aromatic carbocycles. The second kappa shape index (κ2) is 15.5. The Bertz CT molecular complexity index is 360. The molecule has 0 aromatic heterocycles. The molecule has 0 rings (SSSR count). The smallest absolute Gasteiger partial charge is 0.235 e. The highest BCUT2D eigenvalue weighted by atomic mass is 35.5. The van der Waals surface area contributed by atoms with E-state index in [0.717, 1.165) is 0 Å². The summed E-state index contributed by atoms with van der Waals surface area (Å²) in [6, 6.07) is 0. The predicted molar refractivity (Wildman–Crippen MR) is 96.1 cm³/mol. The first-order chi connectivity index (χ1) is 11.9. The van der Waals surface area contributed by atoms with Crippen LogP contribution in [0.15, 0.2) is 0 Å². The minimum atomic E-state index is -0.307. The molecule has 1 N–H and O–H groups in total. The lowest BCUT2D eigenvalue weighted by Crippen LogP contribution is -2.28. The average Bonchev–Trinajstić information content (AvgIpc) is 2.56. The molecule has 25 heavy (non-hydrogen) atoms. The molecule has 0 unspecified atom stereocenters. The second-order valence-electron chi connectivity index (χ2n) is 6.36. The van der Waals surface area contributed by atoms with E-state index in [1.54, 1.807) is 0 Å². The van der Waals surface area contributed by atoms with Gasteiger partial charge < -0.3 is 24.3 Å². The maximum atomic E-state index is 11.7. The van der Waals surface area contributed by atoms with Crippen molar-refractivity contribution in [2.24, 2.45) is 5.41 Å². The Morgan fingerprint density at radius 1 is 0.800 bits per heavy atom. The summed E-state index contributed by atoms with van der Waals surface area (Å²) in [6.45, 7) is 9.85. The van der Waals surface area contributed by atoms with Crippen molar-refractivity contribution >= 4 is 23.3 Å². The quantitative estimate of drug-likeness (QED) is 0.321. The third-order valence-corrected chi connectivity index (χ3v) is 3.36. The number of halogens is 1. The molecule has 0 aliphatic rings. The SMILES string of the molecule is CC(C)(C)C(=O)CCOCCOCCOCCOCCNC(=O)CCl. The Kier molecular flexibility index (Phi) is 15.1. The molecule has 0 radical (unpaired) electrons. The Morgan fingerprint density at radius 2 is 1.24 bits per heavy atom. The van der Waals surface area contributed by atoms with Crippen LogP contribution < -0.4 is 5.32 Å². The van der Waals surface area contributed by atoms with Gasteiger partial charge in [0.05, 0.1) is 52.9 Å². The molecular weight excluding hydrogens is 350 g/mol. The van der Waals surface area contributed by atoms with Crippen molar-refractivity contribution in [1.29, 1.82) is 0 Å². The predicted octanol–water partition coefficient (Wildman–Crippen LogP) is 1.41. The zero-order valence-corrected chi connectivity index (χ0v) is 16.4. The zero-order valence-electron chi connectivity index (χ0n) is 15.6. The van der Waals surface area contributed by atoms with Crippen molar-refractivity contribution in [1.82, 2.24) is 5.32 Å². The Hall–Kier alpha value is -0.730. The summed E-state index contributed by atoms with van der Waals surface area (Å²) in [6.07, 6.45) is 0.433. The van der Waals surface area contributed by atoms with E-state index in [9.17, 15) is 9.59 Å². The lowest BCUT2D eigenvalue weighted by Gasteiger charge is -2.16. The molecule has 0 atom stereocenters. The van der Waals surface area contributed by atoms with E-state index in [-0.39, 0.29) is 23.0 Å². The maximum Gasteiger partial charge on any atom is 0.235 e. The molecule has 1 amide bonds. The first-order valence-electron chi connectivity index (χ1n) is 8.55. The van der Waals surface area contributed by atoms with E-state index in [2.05, 4.69) is 5.32 Å². The van der Waals surface area contributed by atoms with Crippen LogP contribution >= 0.6 is 11.6 Å². The van der Waals surface area contributed by atoms with Gasteiger partial charge in [-0.05, 0) is 0 Å². The van der Waals surface area contributed by atoms with Gasteiger partial charge in [-0.3, -0.25) is 9.59 Å². The lowest BCUT2D eigenvalue weighted by atomic mass is 9.89. The van der Waals surface area contributed by atoms with Crippen LogP contribution in [0.2, 0.25) is 0 Å². The first-order valence-corrected chi connectivity index (χ1v) is 9.08. The summed E-state index contributed by atoms with van der Waals surface area (Å²) in [4.78, 5) is 22.5. The van der Waals surface area contributed by atoms with Crippen molar-refractivity contribution in [2.45, 2.75) is 27.2 Å². The molecule has 0 aliphatic heterocycles. The van der Waals surface area contributed by atoms with Gasteiger partial charge in [0.15, 0.2) is 0 Å². The molecule has 0 fully saturated rings. The molecule has 0 bridgehead atoms. The molecule has 0 saturated heterocycles. The number of nitrogens with one attached hydrogen (secondary N) is 1. The average molecular weight is 382 g/mol. The number of carbonyl (C=O) groups is 2. The number of rotatable bonds is 16. The minimum absolute atomic E-state index is 0.0385. The van der Waals surface area contributed by atoms with Crippen LogP contribution in [-0.2, 0) is 28.5 Å². The fourth-order valence-electron chi connectivity index (χ4n) is 1.61. The zero-order chi connectivity index (χ0) is 19.0. The van der Waals surface area contributed by atoms with Crippen molar-refractivity contribution in [3.05, 3.63) is 0 Å². The summed E-state index contributed by atoms with van der Waals surface area (Å²) in [5.74, 6) is -0.0441. The summed E-state index contributed by atoms with van der Waals surface area (Å²) >= 11 is 5.33. The number of ether oxygens (including phenoxy) is 4. The Morgan fingerprint density at radius 3 is 1.68 bits per heavy atom. The van der Waals surface area contributed by atoms with E-state index in [1.165, 1.54) is 0 Å². The highest BCUT2D eigenvalue weighted by molar-refractivity contribution is 6.27. The Balaban J connectivity index is 3.17. The number of alkyl halides is 1. The van der Waals surface area contributed by atoms with Gasteiger partial charge in [0.2, 0.25) is 5.91 Å². The minimum Gasteiger partial charge on any atom is -0.379 e. The summed E-state index contributed by atoms with van der Waals surface area (Å²) < 4.78 is 21.3. The van der Waals surface area contributed by atoms with Gasteiger partial charge in [0.1, 0.15) is 11.7 Å². The Labute approximate surface area is 155 Å². The summed E-state index contributed by atoms with van der Waals surface area (Å²) in [5, 5.41) is 2.60. The molecule has 0 heterocycles. The fourth-order valence-corrected chi connectivity index (χ4v) is 1.71. The number of amides is 1. The van der Waals surface area contributed by atoms with Crippen LogP contribution in [-0.4, -0.2) is 77.0 Å². The van der Waals surface area contributed by atoms with Crippen molar-refractivity contribution in [2.75, 3.05) is 65.3 Å². The van der Waals surface area contributed by atoms with E-state index in [1.807, 2.05) is 20.8 Å². The van der Waals surface area contributed by atoms with Crippen molar-refractivity contribution < 1.29 is 28.5 Å².